The summed E-state index contributed by atoms with van der Waals surface area (Å²) in [5.41, 5.74) is 0.281. The molecule has 0 aromatic heterocycles. The Morgan fingerprint density at radius 2 is 1.19 bits per heavy atom. The fourth-order valence-corrected chi connectivity index (χ4v) is 24.2. The Hall–Kier alpha value is 0.491. The predicted molar refractivity (Wildman–Crippen MR) is 96.5 cm³/mol. The lowest BCUT2D eigenvalue weighted by molar-refractivity contribution is 0.0554. The van der Waals surface area contributed by atoms with Gasteiger partial charge in [0.05, 0.1) is 5.67 Å². The Kier molecular flexibility index (Phi) is 6.86. The third-order valence-corrected chi connectivity index (χ3v) is 18.9. The second kappa shape index (κ2) is 7.37. The zero-order chi connectivity index (χ0) is 16.3. The van der Waals surface area contributed by atoms with E-state index in [0.717, 1.165) is 0 Å². The van der Waals surface area contributed by atoms with Gasteiger partial charge >= 0.3 is 8.80 Å². The zero-order valence-corrected chi connectivity index (χ0v) is 18.3. The molecule has 4 nitrogen and oxygen atoms in total. The zero-order valence-electron chi connectivity index (χ0n) is 15.3. The summed E-state index contributed by atoms with van der Waals surface area (Å²) in [6.45, 7) is 20.4. The topological polar surface area (TPSA) is 30.9 Å². The number of nitrogens with zero attached hydrogens (tertiary/aromatic N) is 1. The molecule has 1 atom stereocenters. The van der Waals surface area contributed by atoms with Crippen LogP contribution in [0.25, 0.3) is 0 Å². The third kappa shape index (κ3) is 4.07. The van der Waals surface area contributed by atoms with Crippen LogP contribution in [0.15, 0.2) is 0 Å². The van der Waals surface area contributed by atoms with Gasteiger partial charge in [-0.05, 0) is 39.8 Å². The lowest BCUT2D eigenvalue weighted by Gasteiger charge is -2.48. The van der Waals surface area contributed by atoms with Gasteiger partial charge in [0.2, 0.25) is 0 Å². The quantitative estimate of drug-likeness (QED) is 0.625. The van der Waals surface area contributed by atoms with Crippen molar-refractivity contribution in [2.24, 2.45) is 0 Å². The van der Waals surface area contributed by atoms with Crippen LogP contribution in [0.3, 0.4) is 0 Å². The van der Waals surface area contributed by atoms with Gasteiger partial charge in [-0.15, -0.1) is 0 Å². The Labute approximate surface area is 134 Å². The highest BCUT2D eigenvalue weighted by Gasteiger charge is 2.58. The molecule has 1 fully saturated rings. The highest BCUT2D eigenvalue weighted by Crippen LogP contribution is 2.40. The molecule has 0 aliphatic carbocycles. The molecule has 1 unspecified atom stereocenters. The molecule has 0 bridgehead atoms. The lowest BCUT2D eigenvalue weighted by Crippen LogP contribution is -2.70. The Bertz CT molecular complexity index is 306. The van der Waals surface area contributed by atoms with E-state index in [-0.39, 0.29) is 5.67 Å². The van der Waals surface area contributed by atoms with Gasteiger partial charge < -0.3 is 17.5 Å². The van der Waals surface area contributed by atoms with Crippen LogP contribution in [0.4, 0.5) is 0 Å². The van der Waals surface area contributed by atoms with E-state index >= 15 is 0 Å². The van der Waals surface area contributed by atoms with E-state index in [9.17, 15) is 0 Å². The van der Waals surface area contributed by atoms with Gasteiger partial charge in [0.25, 0.3) is 0 Å². The van der Waals surface area contributed by atoms with E-state index in [2.05, 4.69) is 37.3 Å². The monoisotopic (exact) mass is 349 g/mol. The smallest absolute Gasteiger partial charge is 0.373 e. The van der Waals surface area contributed by atoms with Crippen molar-refractivity contribution in [1.82, 2.24) is 4.23 Å². The van der Waals surface area contributed by atoms with Crippen molar-refractivity contribution in [3.05, 3.63) is 0 Å². The summed E-state index contributed by atoms with van der Waals surface area (Å²) in [7, 11) is -5.40. The molecule has 0 aromatic rings. The van der Waals surface area contributed by atoms with E-state index in [1.54, 1.807) is 0 Å². The lowest BCUT2D eigenvalue weighted by atomic mass is 10.8. The predicted octanol–water partition coefficient (Wildman–Crippen LogP) is 3.69. The minimum absolute atomic E-state index is 0.281. The maximum absolute atomic E-state index is 6.17. The van der Waals surface area contributed by atoms with E-state index in [0.29, 0.717) is 19.8 Å². The van der Waals surface area contributed by atoms with Crippen LogP contribution in [0, 0.1) is 0 Å². The molecule has 0 amide bonds. The molecule has 0 N–H and O–H groups in total. The van der Waals surface area contributed by atoms with Gasteiger partial charge in [0.15, 0.2) is 0 Å². The highest BCUT2D eigenvalue weighted by molar-refractivity contribution is 6.96. The minimum Gasteiger partial charge on any atom is -0.373 e. The highest BCUT2D eigenvalue weighted by atomic mass is 28.4. The normalized spacial score (nSPS) is 23.4. The molecule has 21 heavy (non-hydrogen) atoms. The maximum Gasteiger partial charge on any atom is 0.517 e. The maximum atomic E-state index is 6.17. The van der Waals surface area contributed by atoms with Crippen molar-refractivity contribution < 1.29 is 13.3 Å². The first kappa shape index (κ1) is 19.5. The van der Waals surface area contributed by atoms with Crippen molar-refractivity contribution in [3.63, 3.8) is 0 Å². The van der Waals surface area contributed by atoms with Gasteiger partial charge in [0.1, 0.15) is 16.5 Å². The standard InChI is InChI=1S/C14H35NO3Si3/c1-9-16-21(17-10-2,18-11-3)14(4)15-19(5,6)12-13-20(15,7)8/h14H,9-13H2,1-8H3. The van der Waals surface area contributed by atoms with Crippen LogP contribution in [0.2, 0.25) is 38.3 Å². The average Bonchev–Trinajstić information content (AvgIpc) is 2.58. The van der Waals surface area contributed by atoms with Crippen LogP contribution in [-0.4, -0.2) is 55.0 Å². The van der Waals surface area contributed by atoms with Gasteiger partial charge in [-0.3, -0.25) is 0 Å². The second-order valence-corrected chi connectivity index (χ2v) is 19.6. The molecule has 0 saturated carbocycles. The SMILES string of the molecule is CCO[Si](OCC)(OCC)C(C)N1[Si](C)(C)CC[Si]1(C)C. The first-order valence-corrected chi connectivity index (χ1v) is 16.5. The molecule has 126 valence electrons. The number of rotatable bonds is 8. The van der Waals surface area contributed by atoms with Crippen LogP contribution in [0.5, 0.6) is 0 Å². The van der Waals surface area contributed by atoms with Crippen LogP contribution in [0.1, 0.15) is 27.7 Å². The third-order valence-electron chi connectivity index (χ3n) is 4.59. The molecule has 1 rings (SSSR count). The molecule has 1 saturated heterocycles. The van der Waals surface area contributed by atoms with Crippen LogP contribution in [-0.2, 0) is 13.3 Å². The summed E-state index contributed by atoms with van der Waals surface area (Å²) in [6, 6.07) is 2.79. The fourth-order valence-electron chi connectivity index (χ4n) is 3.97. The summed E-state index contributed by atoms with van der Waals surface area (Å²) in [5.74, 6) is 0. The largest absolute Gasteiger partial charge is 0.517 e. The van der Waals surface area contributed by atoms with Gasteiger partial charge in [0, 0.05) is 19.8 Å². The summed E-state index contributed by atoms with van der Waals surface area (Å²) in [5, 5.41) is 0. The summed E-state index contributed by atoms with van der Waals surface area (Å²) in [4.78, 5) is 0. The molecule has 1 aliphatic heterocycles. The van der Waals surface area contributed by atoms with Gasteiger partial charge in [-0.2, -0.15) is 0 Å². The minimum atomic E-state index is -2.65. The summed E-state index contributed by atoms with van der Waals surface area (Å²) < 4.78 is 21.4. The second-order valence-electron chi connectivity index (χ2n) is 7.07. The van der Waals surface area contributed by atoms with Crippen molar-refractivity contribution in [3.8, 4) is 0 Å². The van der Waals surface area contributed by atoms with Crippen molar-refractivity contribution >= 4 is 25.3 Å². The molecule has 0 spiro atoms. The Morgan fingerprint density at radius 1 is 0.857 bits per heavy atom. The Balaban J connectivity index is 3.16. The van der Waals surface area contributed by atoms with Crippen LogP contribution < -0.4 is 0 Å². The van der Waals surface area contributed by atoms with Gasteiger partial charge in [-0.1, -0.05) is 26.2 Å². The van der Waals surface area contributed by atoms with Crippen molar-refractivity contribution in [2.45, 2.75) is 71.6 Å². The molecular weight excluding hydrogens is 314 g/mol. The summed E-state index contributed by atoms with van der Waals surface area (Å²) in [6.07, 6.45) is 0. The van der Waals surface area contributed by atoms with E-state index in [1.165, 1.54) is 12.1 Å². The van der Waals surface area contributed by atoms with Gasteiger partial charge in [-0.25, -0.2) is 0 Å². The average molecular weight is 350 g/mol. The van der Waals surface area contributed by atoms with E-state index in [1.807, 2.05) is 20.8 Å². The molecular formula is C14H35NO3Si3. The first-order valence-electron chi connectivity index (χ1n) is 8.38. The van der Waals surface area contributed by atoms with E-state index < -0.39 is 25.3 Å². The van der Waals surface area contributed by atoms with Crippen molar-refractivity contribution in [1.29, 1.82) is 0 Å². The number of hydrogen-bond acceptors (Lipinski definition) is 4. The Morgan fingerprint density at radius 3 is 1.48 bits per heavy atom. The fraction of sp³-hybridized carbons (Fsp3) is 1.00. The van der Waals surface area contributed by atoms with Crippen LogP contribution >= 0.6 is 0 Å². The van der Waals surface area contributed by atoms with E-state index in [4.69, 9.17) is 13.3 Å². The molecule has 7 heteroatoms. The molecule has 0 radical (unpaired) electrons. The first-order chi connectivity index (χ1) is 9.67. The van der Waals surface area contributed by atoms with Crippen molar-refractivity contribution in [2.75, 3.05) is 19.8 Å². The molecule has 0 aromatic carbocycles. The number of hydrogen-bond donors (Lipinski definition) is 0. The summed E-state index contributed by atoms with van der Waals surface area (Å²) >= 11 is 0. The molecule has 1 heterocycles. The molecule has 1 aliphatic rings.